The first-order valence-corrected chi connectivity index (χ1v) is 6.37. The van der Waals surface area contributed by atoms with Crippen LogP contribution >= 0.6 is 0 Å². The maximum Gasteiger partial charge on any atom is 0.305 e. The average molecular weight is 312 g/mol. The Hall–Kier alpha value is -2.56. The monoisotopic (exact) mass is 312 g/mol. The van der Waals surface area contributed by atoms with Crippen LogP contribution in [0.5, 0.6) is 0 Å². The number of carbonyl (C=O) groups excluding carboxylic acids is 2. The summed E-state index contributed by atoms with van der Waals surface area (Å²) in [5.41, 5.74) is -0.842. The Morgan fingerprint density at radius 3 is 2.68 bits per heavy atom. The molecule has 22 heavy (non-hydrogen) atoms. The van der Waals surface area contributed by atoms with Crippen molar-refractivity contribution < 1.29 is 27.5 Å². The van der Waals surface area contributed by atoms with Crippen molar-refractivity contribution in [3.63, 3.8) is 0 Å². The number of nitrogens with zero attached hydrogens (tertiary/aromatic N) is 2. The fourth-order valence-corrected chi connectivity index (χ4v) is 2.34. The maximum atomic E-state index is 13.8. The largest absolute Gasteiger partial charge is 0.469 e. The number of methoxy groups -OCH3 is 1. The highest BCUT2D eigenvalue weighted by molar-refractivity contribution is 6.00. The molecule has 1 unspecified atom stereocenters. The molecule has 0 aromatic heterocycles. The molecule has 1 aromatic rings. The van der Waals surface area contributed by atoms with Gasteiger partial charge in [0, 0.05) is 18.5 Å². The highest BCUT2D eigenvalue weighted by atomic mass is 19.2. The molecule has 2 rings (SSSR count). The van der Waals surface area contributed by atoms with E-state index in [0.29, 0.717) is 6.07 Å². The van der Waals surface area contributed by atoms with Crippen molar-refractivity contribution in [3.05, 3.63) is 34.6 Å². The minimum atomic E-state index is -1.75. The molecule has 1 heterocycles. The predicted molar refractivity (Wildman–Crippen MR) is 67.0 cm³/mol. The first-order chi connectivity index (χ1) is 10.4. The van der Waals surface area contributed by atoms with Crippen molar-refractivity contribution in [2.24, 2.45) is 0 Å². The van der Waals surface area contributed by atoms with Crippen molar-refractivity contribution in [1.29, 1.82) is 5.26 Å². The van der Waals surface area contributed by atoms with Crippen LogP contribution in [-0.4, -0.2) is 30.4 Å². The number of hydrogen-bond donors (Lipinski definition) is 0. The molecule has 5 nitrogen and oxygen atoms in total. The van der Waals surface area contributed by atoms with Crippen LogP contribution in [-0.2, 0) is 9.53 Å². The summed E-state index contributed by atoms with van der Waals surface area (Å²) in [6.07, 6.45) is 0.178. The summed E-state index contributed by atoms with van der Waals surface area (Å²) < 4.78 is 44.7. The third-order valence-corrected chi connectivity index (χ3v) is 3.40. The van der Waals surface area contributed by atoms with Crippen LogP contribution in [0, 0.1) is 28.8 Å². The summed E-state index contributed by atoms with van der Waals surface area (Å²) >= 11 is 0. The summed E-state index contributed by atoms with van der Waals surface area (Å²) in [6.45, 7) is -0.0382. The molecule has 0 radical (unpaired) electrons. The van der Waals surface area contributed by atoms with Gasteiger partial charge in [0.15, 0.2) is 17.5 Å². The molecule has 0 saturated heterocycles. The molecule has 116 valence electrons. The summed E-state index contributed by atoms with van der Waals surface area (Å²) in [7, 11) is 1.21. The van der Waals surface area contributed by atoms with E-state index in [4.69, 9.17) is 5.26 Å². The van der Waals surface area contributed by atoms with Crippen molar-refractivity contribution in [2.75, 3.05) is 13.7 Å². The maximum absolute atomic E-state index is 13.8. The Kier molecular flexibility index (Phi) is 4.35. The Balaban J connectivity index is 2.29. The van der Waals surface area contributed by atoms with Gasteiger partial charge in [-0.3, -0.25) is 9.59 Å². The van der Waals surface area contributed by atoms with E-state index in [9.17, 15) is 22.8 Å². The van der Waals surface area contributed by atoms with Gasteiger partial charge < -0.3 is 9.64 Å². The van der Waals surface area contributed by atoms with Gasteiger partial charge in [-0.1, -0.05) is 0 Å². The number of rotatable bonds is 4. The Morgan fingerprint density at radius 1 is 1.41 bits per heavy atom. The second-order valence-corrected chi connectivity index (χ2v) is 4.66. The molecular formula is C14H11F3N2O3. The van der Waals surface area contributed by atoms with Gasteiger partial charge in [0.1, 0.15) is 6.04 Å². The number of halogens is 3. The van der Waals surface area contributed by atoms with Gasteiger partial charge in [-0.25, -0.2) is 13.2 Å². The van der Waals surface area contributed by atoms with Crippen molar-refractivity contribution in [1.82, 2.24) is 4.90 Å². The smallest absolute Gasteiger partial charge is 0.305 e. The molecule has 0 saturated carbocycles. The molecule has 8 heteroatoms. The zero-order chi connectivity index (χ0) is 16.4. The van der Waals surface area contributed by atoms with E-state index in [2.05, 4.69) is 4.74 Å². The highest BCUT2D eigenvalue weighted by Crippen LogP contribution is 2.36. The van der Waals surface area contributed by atoms with Crippen LogP contribution < -0.4 is 0 Å². The number of ether oxygens (including phenoxy) is 1. The normalized spacial score (nSPS) is 16.4. The first kappa shape index (κ1) is 15.8. The van der Waals surface area contributed by atoms with Gasteiger partial charge in [0.2, 0.25) is 0 Å². The van der Waals surface area contributed by atoms with E-state index < -0.39 is 40.9 Å². The summed E-state index contributed by atoms with van der Waals surface area (Å²) in [6, 6.07) is 1.19. The summed E-state index contributed by atoms with van der Waals surface area (Å²) in [4.78, 5) is 24.1. The quantitative estimate of drug-likeness (QED) is 0.630. The Bertz CT molecular complexity index is 685. The molecule has 0 spiro atoms. The molecule has 0 fully saturated rings. The number of fused-ring (bicyclic) bond motifs is 1. The molecular weight excluding hydrogens is 301 g/mol. The lowest BCUT2D eigenvalue weighted by molar-refractivity contribution is -0.140. The van der Waals surface area contributed by atoms with Gasteiger partial charge in [-0.2, -0.15) is 5.26 Å². The molecule has 0 aliphatic carbocycles. The van der Waals surface area contributed by atoms with Crippen molar-refractivity contribution in [3.8, 4) is 6.07 Å². The van der Waals surface area contributed by atoms with Crippen LogP contribution in [0.3, 0.4) is 0 Å². The third kappa shape index (κ3) is 2.50. The standard InChI is InChI=1S/C14H11F3N2O3/c1-22-10(20)3-2-4-19-9(6-18)7-5-8(15)12(16)13(17)11(7)14(19)21/h5,9H,2-4H2,1H3. The molecule has 1 aromatic carbocycles. The number of benzene rings is 1. The van der Waals surface area contributed by atoms with E-state index >= 15 is 0 Å². The minimum Gasteiger partial charge on any atom is -0.469 e. The van der Waals surface area contributed by atoms with Crippen LogP contribution in [0.1, 0.15) is 34.8 Å². The Labute approximate surface area is 123 Å². The topological polar surface area (TPSA) is 70.4 Å². The summed E-state index contributed by atoms with van der Waals surface area (Å²) in [5, 5.41) is 9.13. The number of esters is 1. The second-order valence-electron chi connectivity index (χ2n) is 4.66. The van der Waals surface area contributed by atoms with Gasteiger partial charge in [-0.05, 0) is 12.5 Å². The predicted octanol–water partition coefficient (Wildman–Crippen LogP) is 2.08. The molecule has 1 amide bonds. The second kappa shape index (κ2) is 6.05. The molecule has 1 aliphatic heterocycles. The van der Waals surface area contributed by atoms with Crippen molar-refractivity contribution in [2.45, 2.75) is 18.9 Å². The highest BCUT2D eigenvalue weighted by Gasteiger charge is 2.41. The lowest BCUT2D eigenvalue weighted by Gasteiger charge is -2.19. The molecule has 0 N–H and O–H groups in total. The molecule has 1 aliphatic rings. The summed E-state index contributed by atoms with van der Waals surface area (Å²) in [5.74, 6) is -6.21. The fourth-order valence-electron chi connectivity index (χ4n) is 2.34. The third-order valence-electron chi connectivity index (χ3n) is 3.40. The van der Waals surface area contributed by atoms with Gasteiger partial charge in [0.25, 0.3) is 5.91 Å². The number of carbonyl (C=O) groups is 2. The minimum absolute atomic E-state index is 0.0000217. The Morgan fingerprint density at radius 2 is 2.09 bits per heavy atom. The average Bonchev–Trinajstić information content (AvgIpc) is 2.76. The van der Waals surface area contributed by atoms with Gasteiger partial charge in [-0.15, -0.1) is 0 Å². The van der Waals surface area contributed by atoms with E-state index in [1.165, 1.54) is 7.11 Å². The van der Waals surface area contributed by atoms with E-state index in [-0.39, 0.29) is 24.9 Å². The lowest BCUT2D eigenvalue weighted by atomic mass is 10.0. The van der Waals surface area contributed by atoms with Gasteiger partial charge in [0.05, 0.1) is 18.7 Å². The number of hydrogen-bond acceptors (Lipinski definition) is 4. The van der Waals surface area contributed by atoms with Crippen LogP contribution in [0.25, 0.3) is 0 Å². The van der Waals surface area contributed by atoms with Crippen LogP contribution in [0.15, 0.2) is 6.07 Å². The van der Waals surface area contributed by atoms with E-state index in [1.807, 2.05) is 0 Å². The van der Waals surface area contributed by atoms with Crippen molar-refractivity contribution >= 4 is 11.9 Å². The van der Waals surface area contributed by atoms with Crippen LogP contribution in [0.2, 0.25) is 0 Å². The lowest BCUT2D eigenvalue weighted by Crippen LogP contribution is -2.29. The molecule has 1 atom stereocenters. The zero-order valence-corrected chi connectivity index (χ0v) is 11.5. The van der Waals surface area contributed by atoms with E-state index in [0.717, 1.165) is 4.90 Å². The van der Waals surface area contributed by atoms with Gasteiger partial charge >= 0.3 is 5.97 Å². The SMILES string of the molecule is COC(=O)CCCN1C(=O)c2c(cc(F)c(F)c2F)C1C#N. The van der Waals surface area contributed by atoms with Crippen LogP contribution in [0.4, 0.5) is 13.2 Å². The first-order valence-electron chi connectivity index (χ1n) is 6.37. The molecule has 0 bridgehead atoms. The zero-order valence-electron chi connectivity index (χ0n) is 11.5. The number of amides is 1. The fraction of sp³-hybridized carbons (Fsp3) is 0.357. The number of nitriles is 1. The van der Waals surface area contributed by atoms with E-state index in [1.54, 1.807) is 6.07 Å².